The number of ether oxygens (including phenoxy) is 1. The summed E-state index contributed by atoms with van der Waals surface area (Å²) < 4.78 is 45.9. The number of nitrogens with zero attached hydrogens (tertiary/aromatic N) is 3. The Morgan fingerprint density at radius 2 is 2.00 bits per heavy atom. The SMILES string of the molecule is FC(F)(F)c1nc(N[C@@H]2C[C@H]3CCC[C@@H]2C3)ncc1CN1CCOCC1. The van der Waals surface area contributed by atoms with E-state index < -0.39 is 11.9 Å². The number of nitrogens with one attached hydrogen (secondary N) is 1. The minimum Gasteiger partial charge on any atom is -0.379 e. The van der Waals surface area contributed by atoms with Crippen LogP contribution in [0.15, 0.2) is 6.20 Å². The maximum Gasteiger partial charge on any atom is 0.433 e. The van der Waals surface area contributed by atoms with Crippen LogP contribution in [0.5, 0.6) is 0 Å². The van der Waals surface area contributed by atoms with Crippen molar-refractivity contribution in [1.29, 1.82) is 0 Å². The van der Waals surface area contributed by atoms with Gasteiger partial charge in [-0.1, -0.05) is 12.8 Å². The third-order valence-corrected chi connectivity index (χ3v) is 5.92. The number of hydrogen-bond donors (Lipinski definition) is 1. The van der Waals surface area contributed by atoms with Crippen molar-refractivity contribution in [2.24, 2.45) is 11.8 Å². The van der Waals surface area contributed by atoms with Crippen molar-refractivity contribution in [2.75, 3.05) is 31.6 Å². The minimum absolute atomic E-state index is 0.112. The number of rotatable bonds is 4. The maximum atomic E-state index is 13.5. The molecule has 1 N–H and O–H groups in total. The molecular weight excluding hydrogens is 345 g/mol. The summed E-state index contributed by atoms with van der Waals surface area (Å²) in [6.07, 6.45) is 2.67. The van der Waals surface area contributed by atoms with Crippen LogP contribution in [0.4, 0.5) is 19.1 Å². The summed E-state index contributed by atoms with van der Waals surface area (Å²) in [7, 11) is 0. The van der Waals surface area contributed by atoms with E-state index in [0.29, 0.717) is 38.1 Å². The summed E-state index contributed by atoms with van der Waals surface area (Å²) in [5, 5.41) is 3.20. The first-order valence-corrected chi connectivity index (χ1v) is 9.49. The van der Waals surface area contributed by atoms with Crippen molar-refractivity contribution >= 4 is 5.95 Å². The Morgan fingerprint density at radius 3 is 2.73 bits per heavy atom. The minimum atomic E-state index is -4.48. The third kappa shape index (κ3) is 3.96. The molecule has 8 heteroatoms. The normalized spacial score (nSPS) is 29.7. The lowest BCUT2D eigenvalue weighted by Gasteiger charge is -2.27. The first-order chi connectivity index (χ1) is 12.5. The zero-order valence-corrected chi connectivity index (χ0v) is 14.8. The molecule has 3 aliphatic rings. The van der Waals surface area contributed by atoms with Gasteiger partial charge in [0, 0.05) is 37.4 Å². The molecule has 5 nitrogen and oxygen atoms in total. The van der Waals surface area contributed by atoms with Gasteiger partial charge in [-0.15, -0.1) is 0 Å². The molecule has 2 heterocycles. The fraction of sp³-hybridized carbons (Fsp3) is 0.778. The molecule has 1 aliphatic heterocycles. The van der Waals surface area contributed by atoms with E-state index in [1.54, 1.807) is 0 Å². The molecule has 26 heavy (non-hydrogen) atoms. The molecule has 1 saturated heterocycles. The van der Waals surface area contributed by atoms with Crippen LogP contribution in [0.25, 0.3) is 0 Å². The van der Waals surface area contributed by atoms with E-state index in [-0.39, 0.29) is 24.1 Å². The molecule has 2 aliphatic carbocycles. The average molecular weight is 370 g/mol. The van der Waals surface area contributed by atoms with E-state index in [2.05, 4.69) is 15.3 Å². The summed E-state index contributed by atoms with van der Waals surface area (Å²) in [4.78, 5) is 10.0. The van der Waals surface area contributed by atoms with E-state index in [4.69, 9.17) is 4.74 Å². The van der Waals surface area contributed by atoms with Crippen LogP contribution in [0.1, 0.15) is 43.4 Å². The van der Waals surface area contributed by atoms with Crippen molar-refractivity contribution in [1.82, 2.24) is 14.9 Å². The van der Waals surface area contributed by atoms with Crippen molar-refractivity contribution < 1.29 is 17.9 Å². The Bertz CT molecular complexity index is 633. The van der Waals surface area contributed by atoms with E-state index >= 15 is 0 Å². The predicted molar refractivity (Wildman–Crippen MR) is 90.6 cm³/mol. The van der Waals surface area contributed by atoms with Gasteiger partial charge in [0.1, 0.15) is 0 Å². The molecule has 2 bridgehead atoms. The largest absolute Gasteiger partial charge is 0.433 e. The molecule has 144 valence electrons. The molecule has 3 fully saturated rings. The van der Waals surface area contributed by atoms with Gasteiger partial charge in [-0.25, -0.2) is 9.97 Å². The molecule has 0 amide bonds. The van der Waals surface area contributed by atoms with Gasteiger partial charge in [0.15, 0.2) is 5.69 Å². The third-order valence-electron chi connectivity index (χ3n) is 5.92. The summed E-state index contributed by atoms with van der Waals surface area (Å²) in [6.45, 7) is 2.55. The van der Waals surface area contributed by atoms with E-state index in [9.17, 15) is 13.2 Å². The zero-order chi connectivity index (χ0) is 18.1. The average Bonchev–Trinajstić information content (AvgIpc) is 2.89. The van der Waals surface area contributed by atoms with Gasteiger partial charge in [-0.3, -0.25) is 4.90 Å². The van der Waals surface area contributed by atoms with Crippen LogP contribution in [0.3, 0.4) is 0 Å². The quantitative estimate of drug-likeness (QED) is 0.881. The van der Waals surface area contributed by atoms with Gasteiger partial charge < -0.3 is 10.1 Å². The second-order valence-corrected chi connectivity index (χ2v) is 7.73. The lowest BCUT2D eigenvalue weighted by Crippen LogP contribution is -2.36. The number of halogens is 3. The smallest absolute Gasteiger partial charge is 0.379 e. The molecule has 0 radical (unpaired) electrons. The maximum absolute atomic E-state index is 13.5. The van der Waals surface area contributed by atoms with Gasteiger partial charge in [-0.05, 0) is 31.1 Å². The Labute approximate surface area is 151 Å². The van der Waals surface area contributed by atoms with Crippen molar-refractivity contribution in [3.8, 4) is 0 Å². The molecule has 0 aromatic carbocycles. The van der Waals surface area contributed by atoms with Crippen LogP contribution in [-0.4, -0.2) is 47.2 Å². The molecule has 0 spiro atoms. The summed E-state index contributed by atoms with van der Waals surface area (Å²) >= 11 is 0. The molecule has 1 aromatic rings. The second kappa shape index (κ2) is 7.31. The topological polar surface area (TPSA) is 50.3 Å². The Hall–Kier alpha value is -1.41. The predicted octanol–water partition coefficient (Wildman–Crippen LogP) is 3.32. The zero-order valence-electron chi connectivity index (χ0n) is 14.8. The fourth-order valence-electron chi connectivity index (χ4n) is 4.64. The van der Waals surface area contributed by atoms with Crippen LogP contribution in [-0.2, 0) is 17.5 Å². The number of anilines is 1. The van der Waals surface area contributed by atoms with E-state index in [0.717, 1.165) is 12.8 Å². The fourth-order valence-corrected chi connectivity index (χ4v) is 4.64. The van der Waals surface area contributed by atoms with Crippen molar-refractivity contribution in [2.45, 2.75) is 50.9 Å². The number of fused-ring (bicyclic) bond motifs is 2. The molecular formula is C18H25F3N4O. The first kappa shape index (κ1) is 18.0. The lowest BCUT2D eigenvalue weighted by molar-refractivity contribution is -0.142. The van der Waals surface area contributed by atoms with Crippen LogP contribution in [0.2, 0.25) is 0 Å². The first-order valence-electron chi connectivity index (χ1n) is 9.49. The molecule has 2 saturated carbocycles. The van der Waals surface area contributed by atoms with E-state index in [1.807, 2.05) is 4.90 Å². The monoisotopic (exact) mass is 370 g/mol. The highest BCUT2D eigenvalue weighted by Crippen LogP contribution is 2.43. The number of hydrogen-bond acceptors (Lipinski definition) is 5. The Kier molecular flexibility index (Phi) is 5.05. The van der Waals surface area contributed by atoms with Crippen molar-refractivity contribution in [3.63, 3.8) is 0 Å². The van der Waals surface area contributed by atoms with E-state index in [1.165, 1.54) is 25.5 Å². The number of aromatic nitrogens is 2. The summed E-state index contributed by atoms with van der Waals surface area (Å²) in [6, 6.07) is 0.202. The number of alkyl halides is 3. The van der Waals surface area contributed by atoms with Gasteiger partial charge >= 0.3 is 6.18 Å². The summed E-state index contributed by atoms with van der Waals surface area (Å²) in [5.74, 6) is 1.36. The van der Waals surface area contributed by atoms with Crippen LogP contribution < -0.4 is 5.32 Å². The van der Waals surface area contributed by atoms with Crippen LogP contribution >= 0.6 is 0 Å². The Morgan fingerprint density at radius 1 is 1.19 bits per heavy atom. The van der Waals surface area contributed by atoms with Gasteiger partial charge in [0.05, 0.1) is 13.2 Å². The van der Waals surface area contributed by atoms with Gasteiger partial charge in [0.2, 0.25) is 5.95 Å². The highest BCUT2D eigenvalue weighted by molar-refractivity contribution is 5.33. The number of morpholine rings is 1. The molecule has 4 rings (SSSR count). The highest BCUT2D eigenvalue weighted by atomic mass is 19.4. The lowest BCUT2D eigenvalue weighted by atomic mass is 9.89. The Balaban J connectivity index is 1.51. The molecule has 0 unspecified atom stereocenters. The molecule has 3 atom stereocenters. The highest BCUT2D eigenvalue weighted by Gasteiger charge is 2.39. The van der Waals surface area contributed by atoms with Crippen LogP contribution in [0, 0.1) is 11.8 Å². The second-order valence-electron chi connectivity index (χ2n) is 7.73. The summed E-state index contributed by atoms with van der Waals surface area (Å²) in [5.41, 5.74) is -0.683. The van der Waals surface area contributed by atoms with Gasteiger partial charge in [-0.2, -0.15) is 13.2 Å². The van der Waals surface area contributed by atoms with Gasteiger partial charge in [0.25, 0.3) is 0 Å². The van der Waals surface area contributed by atoms with Crippen molar-refractivity contribution in [3.05, 3.63) is 17.5 Å². The standard InChI is InChI=1S/C18H25F3N4O/c19-18(20,21)16-14(11-25-4-6-26-7-5-25)10-22-17(24-16)23-15-9-12-2-1-3-13(15)8-12/h10,12-13,15H,1-9,11H2,(H,22,23,24)/t12-,13+,15+/m0/s1. The molecule has 1 aromatic heterocycles.